The van der Waals surface area contributed by atoms with Crippen molar-refractivity contribution in [1.82, 2.24) is 10.6 Å². The minimum atomic E-state index is -2.90. The van der Waals surface area contributed by atoms with Gasteiger partial charge in [-0.2, -0.15) is 0 Å². The summed E-state index contributed by atoms with van der Waals surface area (Å²) in [6.45, 7) is 5.21. The van der Waals surface area contributed by atoms with Gasteiger partial charge in [-0.3, -0.25) is 18.2 Å². The molecule has 2 aromatic carbocycles. The van der Waals surface area contributed by atoms with Crippen molar-refractivity contribution in [3.63, 3.8) is 0 Å². The van der Waals surface area contributed by atoms with Crippen LogP contribution in [0.15, 0.2) is 48.5 Å². The van der Waals surface area contributed by atoms with Crippen LogP contribution >= 0.6 is 23.2 Å². The van der Waals surface area contributed by atoms with Crippen LogP contribution in [0, 0.1) is 0 Å². The van der Waals surface area contributed by atoms with Crippen molar-refractivity contribution in [2.75, 3.05) is 23.1 Å². The van der Waals surface area contributed by atoms with E-state index in [0.29, 0.717) is 42.4 Å². The average Bonchev–Trinajstić information content (AvgIpc) is 3.47. The molecule has 1 aliphatic carbocycles. The number of rotatable bonds is 12. The lowest BCUT2D eigenvalue weighted by atomic mass is 9.94. The van der Waals surface area contributed by atoms with Gasteiger partial charge in [0.15, 0.2) is 0 Å². The Balaban J connectivity index is 0.00000441. The molecular formula is C31H48ClN3O4S. The van der Waals surface area contributed by atoms with Gasteiger partial charge in [0.05, 0.1) is 23.6 Å². The van der Waals surface area contributed by atoms with Crippen LogP contribution in [0.1, 0.15) is 92.6 Å². The van der Waals surface area contributed by atoms with Crippen molar-refractivity contribution in [2.24, 2.45) is 0 Å². The number of nitrogens with zero attached hydrogens (tertiary/aromatic N) is 1. The predicted molar refractivity (Wildman–Crippen MR) is 169 cm³/mol. The number of aliphatic hydroxyl groups is 1. The number of nitrogens with one attached hydrogen (secondary N) is 2. The fraction of sp³-hybridized carbons (Fsp3) is 0.581. The SMILES string of the molecule is CCCC(C)NC[C@@H](O)[C@H](Cc1ccccc1)NC(=O)c1cc(C2CCCC2)cc(N2CCCCS2(O)O)c1.Cl. The lowest BCUT2D eigenvalue weighted by Crippen LogP contribution is -2.49. The van der Waals surface area contributed by atoms with Gasteiger partial charge in [-0.25, -0.2) is 0 Å². The number of hydrogen-bond acceptors (Lipinski definition) is 6. The Morgan fingerprint density at radius 2 is 1.80 bits per heavy atom. The van der Waals surface area contributed by atoms with Crippen molar-refractivity contribution in [2.45, 2.75) is 95.7 Å². The zero-order valence-electron chi connectivity index (χ0n) is 23.9. The molecule has 4 rings (SSSR count). The van der Waals surface area contributed by atoms with Crippen molar-refractivity contribution in [1.29, 1.82) is 0 Å². The molecule has 0 radical (unpaired) electrons. The third-order valence-electron chi connectivity index (χ3n) is 8.18. The highest BCUT2D eigenvalue weighted by Gasteiger charge is 2.30. The maximum atomic E-state index is 13.8. The van der Waals surface area contributed by atoms with Gasteiger partial charge < -0.3 is 15.7 Å². The fourth-order valence-corrected chi connectivity index (χ4v) is 7.59. The van der Waals surface area contributed by atoms with Crippen LogP contribution < -0.4 is 14.9 Å². The molecule has 1 aliphatic heterocycles. The van der Waals surface area contributed by atoms with E-state index < -0.39 is 22.9 Å². The van der Waals surface area contributed by atoms with Crippen LogP contribution in [0.25, 0.3) is 0 Å². The Hall–Kier alpha value is -1.81. The molecule has 0 bridgehead atoms. The predicted octanol–water partition coefficient (Wildman–Crippen LogP) is 6.51. The van der Waals surface area contributed by atoms with Gasteiger partial charge in [-0.15, -0.1) is 23.2 Å². The maximum Gasteiger partial charge on any atom is 0.251 e. The van der Waals surface area contributed by atoms with E-state index in [2.05, 4.69) is 30.5 Å². The van der Waals surface area contributed by atoms with Crippen LogP contribution in [-0.4, -0.2) is 57.1 Å². The summed E-state index contributed by atoms with van der Waals surface area (Å²) in [6.07, 6.45) is 8.02. The average molecular weight is 594 g/mol. The number of carbonyl (C=O) groups is 1. The summed E-state index contributed by atoms with van der Waals surface area (Å²) in [5, 5.41) is 17.7. The summed E-state index contributed by atoms with van der Waals surface area (Å²) >= 11 is 0. The molecular weight excluding hydrogens is 546 g/mol. The first-order valence-corrected chi connectivity index (χ1v) is 16.4. The van der Waals surface area contributed by atoms with E-state index in [1.165, 1.54) is 12.8 Å². The van der Waals surface area contributed by atoms with Crippen molar-refractivity contribution in [3.8, 4) is 0 Å². The second-order valence-electron chi connectivity index (χ2n) is 11.4. The van der Waals surface area contributed by atoms with E-state index in [9.17, 15) is 19.0 Å². The molecule has 1 saturated heterocycles. The molecule has 1 unspecified atom stereocenters. The topological polar surface area (TPSA) is 105 Å². The third kappa shape index (κ3) is 8.84. The lowest BCUT2D eigenvalue weighted by molar-refractivity contribution is 0.0825. The van der Waals surface area contributed by atoms with Gasteiger partial charge in [-0.05, 0) is 80.7 Å². The zero-order valence-corrected chi connectivity index (χ0v) is 25.6. The highest BCUT2D eigenvalue weighted by Crippen LogP contribution is 2.50. The smallest absolute Gasteiger partial charge is 0.251 e. The number of carbonyl (C=O) groups excluding carboxylic acids is 1. The Bertz CT molecular complexity index is 1070. The van der Waals surface area contributed by atoms with Crippen molar-refractivity contribution in [3.05, 3.63) is 65.2 Å². The van der Waals surface area contributed by atoms with Gasteiger partial charge >= 0.3 is 0 Å². The quantitative estimate of drug-likeness (QED) is 0.192. The number of aliphatic hydroxyl groups excluding tert-OH is 1. The zero-order chi connectivity index (χ0) is 27.8. The minimum Gasteiger partial charge on any atom is -0.390 e. The number of amides is 1. The van der Waals surface area contributed by atoms with Crippen LogP contribution in [0.4, 0.5) is 5.69 Å². The number of benzene rings is 2. The molecule has 2 aromatic rings. The fourth-order valence-electron chi connectivity index (χ4n) is 5.91. The highest BCUT2D eigenvalue weighted by atomic mass is 35.5. The number of hydrogen-bond donors (Lipinski definition) is 5. The van der Waals surface area contributed by atoms with Gasteiger partial charge in [0.1, 0.15) is 0 Å². The van der Waals surface area contributed by atoms with Crippen LogP contribution in [-0.2, 0) is 6.42 Å². The van der Waals surface area contributed by atoms with E-state index >= 15 is 0 Å². The maximum absolute atomic E-state index is 13.8. The Morgan fingerprint density at radius 1 is 1.07 bits per heavy atom. The molecule has 1 heterocycles. The Kier molecular flexibility index (Phi) is 12.6. The first-order valence-electron chi connectivity index (χ1n) is 14.7. The van der Waals surface area contributed by atoms with Crippen LogP contribution in [0.3, 0.4) is 0 Å². The summed E-state index contributed by atoms with van der Waals surface area (Å²) in [7, 11) is -2.90. The molecule has 40 heavy (non-hydrogen) atoms. The molecule has 0 aromatic heterocycles. The van der Waals surface area contributed by atoms with Gasteiger partial charge in [0.25, 0.3) is 5.91 Å². The van der Waals surface area contributed by atoms with Crippen LogP contribution in [0.5, 0.6) is 0 Å². The molecule has 224 valence electrons. The molecule has 9 heteroatoms. The van der Waals surface area contributed by atoms with Crippen LogP contribution in [0.2, 0.25) is 0 Å². The lowest BCUT2D eigenvalue weighted by Gasteiger charge is -2.47. The van der Waals surface area contributed by atoms with E-state index in [1.807, 2.05) is 36.4 Å². The molecule has 7 nitrogen and oxygen atoms in total. The summed E-state index contributed by atoms with van der Waals surface area (Å²) < 4.78 is 23.4. The molecule has 2 fully saturated rings. The van der Waals surface area contributed by atoms with Gasteiger partial charge in [0, 0.05) is 24.7 Å². The molecule has 0 spiro atoms. The molecule has 1 amide bonds. The molecule has 1 saturated carbocycles. The van der Waals surface area contributed by atoms with E-state index in [-0.39, 0.29) is 24.4 Å². The van der Waals surface area contributed by atoms with Gasteiger partial charge in [0.2, 0.25) is 0 Å². The highest BCUT2D eigenvalue weighted by molar-refractivity contribution is 8.25. The van der Waals surface area contributed by atoms with E-state index in [4.69, 9.17) is 0 Å². The third-order valence-corrected chi connectivity index (χ3v) is 10.1. The second kappa shape index (κ2) is 15.4. The van der Waals surface area contributed by atoms with Crippen molar-refractivity contribution >= 4 is 34.8 Å². The van der Waals surface area contributed by atoms with E-state index in [1.54, 1.807) is 10.4 Å². The Morgan fingerprint density at radius 3 is 2.48 bits per heavy atom. The van der Waals surface area contributed by atoms with Gasteiger partial charge in [-0.1, -0.05) is 56.5 Å². The Labute approximate surface area is 248 Å². The van der Waals surface area contributed by atoms with E-state index in [0.717, 1.165) is 49.7 Å². The van der Waals surface area contributed by atoms with Crippen molar-refractivity contribution < 1.29 is 19.0 Å². The largest absolute Gasteiger partial charge is 0.390 e. The first-order chi connectivity index (χ1) is 18.8. The molecule has 2 aliphatic rings. The normalized spacial score (nSPS) is 20.3. The molecule has 5 N–H and O–H groups in total. The number of halogens is 1. The summed E-state index contributed by atoms with van der Waals surface area (Å²) in [4.78, 5) is 13.8. The monoisotopic (exact) mass is 593 g/mol. The summed E-state index contributed by atoms with van der Waals surface area (Å²) in [6, 6.07) is 15.6. The second-order valence-corrected chi connectivity index (χ2v) is 13.5. The summed E-state index contributed by atoms with van der Waals surface area (Å²) in [5.41, 5.74) is 3.35. The summed E-state index contributed by atoms with van der Waals surface area (Å²) in [5.74, 6) is 0.487. The first kappa shape index (κ1) is 32.7. The standard InChI is InChI=1S/C31H47N3O4S.ClH/c1-3-11-23(2)32-22-30(35)29(18-24-12-5-4-6-13-24)33-31(36)27-19-26(25-14-7-8-15-25)20-28(21-27)34-16-9-10-17-39(34,37)38;/h4-6,12-13,19-21,23,25,29-30,32,35,37-38H,3,7-11,14-18,22H2,1-2H3,(H,33,36);1H/t23?,29-,30+;/m0./s1. The molecule has 3 atom stereocenters. The number of anilines is 1. The minimum absolute atomic E-state index is 0.